The van der Waals surface area contributed by atoms with Gasteiger partial charge in [0.25, 0.3) is 0 Å². The summed E-state index contributed by atoms with van der Waals surface area (Å²) in [5, 5.41) is 16.5. The van der Waals surface area contributed by atoms with Crippen molar-refractivity contribution in [3.63, 3.8) is 0 Å². The largest absolute Gasteiger partial charge is 0.480 e. The zero-order valence-corrected chi connectivity index (χ0v) is 19.0. The van der Waals surface area contributed by atoms with Crippen LogP contribution in [0.4, 0.5) is 0 Å². The number of carbonyl (C=O) groups is 5. The summed E-state index contributed by atoms with van der Waals surface area (Å²) in [7, 11) is 0. The second kappa shape index (κ2) is 13.2. The minimum atomic E-state index is -1.23. The molecule has 182 valence electrons. The molecule has 0 aliphatic rings. The molecule has 0 radical (unpaired) electrons. The molecule has 0 saturated heterocycles. The third-order valence-electron chi connectivity index (χ3n) is 4.98. The molecule has 0 bridgehead atoms. The van der Waals surface area contributed by atoms with Crippen molar-refractivity contribution in [3.8, 4) is 0 Å². The van der Waals surface area contributed by atoms with Crippen LogP contribution in [-0.4, -0.2) is 58.9 Å². The molecule has 0 aromatic heterocycles. The highest BCUT2D eigenvalue weighted by Crippen LogP contribution is 2.07. The van der Waals surface area contributed by atoms with E-state index in [4.69, 9.17) is 16.6 Å². The van der Waals surface area contributed by atoms with E-state index in [9.17, 15) is 24.0 Å². The van der Waals surface area contributed by atoms with Gasteiger partial charge in [0.2, 0.25) is 23.6 Å². The number of carbonyl (C=O) groups excluding carboxylic acids is 4. The van der Waals surface area contributed by atoms with Gasteiger partial charge in [-0.05, 0) is 24.8 Å². The first-order valence-electron chi connectivity index (χ1n) is 10.6. The molecule has 0 aliphatic heterocycles. The van der Waals surface area contributed by atoms with Crippen LogP contribution in [0.3, 0.4) is 0 Å². The topological polar surface area (TPSA) is 194 Å². The average Bonchev–Trinajstić information content (AvgIpc) is 2.75. The van der Waals surface area contributed by atoms with E-state index < -0.39 is 53.8 Å². The van der Waals surface area contributed by atoms with Crippen LogP contribution in [0.1, 0.15) is 39.2 Å². The zero-order chi connectivity index (χ0) is 25.1. The number of amides is 4. The number of carboxylic acids is 1. The molecule has 0 fully saturated rings. The maximum absolute atomic E-state index is 13.0. The Hall–Kier alpha value is -3.47. The van der Waals surface area contributed by atoms with E-state index in [1.165, 1.54) is 6.92 Å². The van der Waals surface area contributed by atoms with Crippen molar-refractivity contribution in [2.24, 2.45) is 17.4 Å². The molecule has 1 aromatic carbocycles. The predicted octanol–water partition coefficient (Wildman–Crippen LogP) is -0.963. The smallest absolute Gasteiger partial charge is 0.325 e. The first-order chi connectivity index (χ1) is 15.4. The van der Waals surface area contributed by atoms with Gasteiger partial charge in [0, 0.05) is 12.8 Å². The van der Waals surface area contributed by atoms with Crippen molar-refractivity contribution < 1.29 is 29.1 Å². The summed E-state index contributed by atoms with van der Waals surface area (Å²) in [5.41, 5.74) is 11.8. The third-order valence-corrected chi connectivity index (χ3v) is 4.98. The number of benzene rings is 1. The van der Waals surface area contributed by atoms with Crippen LogP contribution < -0.4 is 27.4 Å². The van der Waals surface area contributed by atoms with Crippen LogP contribution in [-0.2, 0) is 30.4 Å². The molecule has 1 rings (SSSR count). The minimum absolute atomic E-state index is 0.0761. The van der Waals surface area contributed by atoms with E-state index in [0.29, 0.717) is 0 Å². The highest BCUT2D eigenvalue weighted by molar-refractivity contribution is 5.94. The second-order valence-electron chi connectivity index (χ2n) is 8.16. The van der Waals surface area contributed by atoms with Crippen molar-refractivity contribution in [2.75, 3.05) is 0 Å². The van der Waals surface area contributed by atoms with Crippen LogP contribution in [0, 0.1) is 5.92 Å². The molecule has 0 spiro atoms. The number of hydrogen-bond acceptors (Lipinski definition) is 6. The van der Waals surface area contributed by atoms with Gasteiger partial charge in [-0.3, -0.25) is 24.0 Å². The second-order valence-corrected chi connectivity index (χ2v) is 8.16. The molecule has 1 aromatic rings. The van der Waals surface area contributed by atoms with Crippen molar-refractivity contribution in [1.82, 2.24) is 16.0 Å². The molecule has 4 amide bonds. The van der Waals surface area contributed by atoms with E-state index in [1.807, 2.05) is 0 Å². The molecule has 11 nitrogen and oxygen atoms in total. The number of nitrogens with two attached hydrogens (primary N) is 2. The average molecular weight is 464 g/mol. The van der Waals surface area contributed by atoms with Gasteiger partial charge in [0.05, 0.1) is 6.04 Å². The molecular formula is C22H33N5O6. The molecule has 0 heterocycles. The van der Waals surface area contributed by atoms with Gasteiger partial charge in [-0.1, -0.05) is 44.2 Å². The third kappa shape index (κ3) is 9.69. The van der Waals surface area contributed by atoms with Gasteiger partial charge in [0.1, 0.15) is 18.1 Å². The Bertz CT molecular complexity index is 845. The van der Waals surface area contributed by atoms with Crippen LogP contribution in [0.2, 0.25) is 0 Å². The Balaban J connectivity index is 3.07. The molecule has 4 atom stereocenters. The van der Waals surface area contributed by atoms with Crippen molar-refractivity contribution in [2.45, 2.75) is 64.2 Å². The Morgan fingerprint density at radius 1 is 0.879 bits per heavy atom. The van der Waals surface area contributed by atoms with E-state index >= 15 is 0 Å². The fraction of sp³-hybridized carbons (Fsp3) is 0.500. The van der Waals surface area contributed by atoms with E-state index in [0.717, 1.165) is 5.56 Å². The summed E-state index contributed by atoms with van der Waals surface area (Å²) >= 11 is 0. The highest BCUT2D eigenvalue weighted by atomic mass is 16.4. The maximum atomic E-state index is 13.0. The highest BCUT2D eigenvalue weighted by Gasteiger charge is 2.30. The van der Waals surface area contributed by atoms with Gasteiger partial charge in [-0.2, -0.15) is 0 Å². The van der Waals surface area contributed by atoms with Crippen molar-refractivity contribution >= 4 is 29.6 Å². The molecular weight excluding hydrogens is 430 g/mol. The Labute approximate surface area is 192 Å². The van der Waals surface area contributed by atoms with Gasteiger partial charge >= 0.3 is 5.97 Å². The number of primary amides is 1. The number of aliphatic carboxylic acids is 1. The van der Waals surface area contributed by atoms with Gasteiger partial charge in [0.15, 0.2) is 0 Å². The van der Waals surface area contributed by atoms with Crippen molar-refractivity contribution in [1.29, 1.82) is 0 Å². The normalized spacial score (nSPS) is 14.5. The fourth-order valence-electron chi connectivity index (χ4n) is 2.83. The number of hydrogen-bond donors (Lipinski definition) is 6. The predicted molar refractivity (Wildman–Crippen MR) is 120 cm³/mol. The standard InChI is InChI=1S/C22H33N5O6/c1-12(2)18(24)21(31)26-15(9-10-17(23)28)19(29)27-16(11-14-7-5-4-6-8-14)20(30)25-13(3)22(32)33/h4-8,12-13,15-16,18H,9-11,24H2,1-3H3,(H2,23,28)(H,25,30)(H,26,31)(H,27,29)(H,32,33). The lowest BCUT2D eigenvalue weighted by atomic mass is 10.0. The number of carboxylic acid groups (broad SMARTS) is 1. The Kier molecular flexibility index (Phi) is 11.0. The molecule has 11 heteroatoms. The Morgan fingerprint density at radius 2 is 1.42 bits per heavy atom. The lowest BCUT2D eigenvalue weighted by molar-refractivity contribution is -0.141. The van der Waals surface area contributed by atoms with Crippen LogP contribution in [0.15, 0.2) is 30.3 Å². The van der Waals surface area contributed by atoms with Crippen LogP contribution >= 0.6 is 0 Å². The summed E-state index contributed by atoms with van der Waals surface area (Å²) in [6, 6.07) is 4.45. The minimum Gasteiger partial charge on any atom is -0.480 e. The fourth-order valence-corrected chi connectivity index (χ4v) is 2.83. The molecule has 4 unspecified atom stereocenters. The van der Waals surface area contributed by atoms with Gasteiger partial charge in [-0.25, -0.2) is 0 Å². The zero-order valence-electron chi connectivity index (χ0n) is 19.0. The molecule has 8 N–H and O–H groups in total. The maximum Gasteiger partial charge on any atom is 0.325 e. The van der Waals surface area contributed by atoms with E-state index in [2.05, 4.69) is 16.0 Å². The molecule has 0 saturated carbocycles. The van der Waals surface area contributed by atoms with Crippen LogP contribution in [0.5, 0.6) is 0 Å². The summed E-state index contributed by atoms with van der Waals surface area (Å²) < 4.78 is 0. The van der Waals surface area contributed by atoms with Gasteiger partial charge < -0.3 is 32.5 Å². The lowest BCUT2D eigenvalue weighted by Crippen LogP contribution is -2.57. The van der Waals surface area contributed by atoms with Crippen LogP contribution in [0.25, 0.3) is 0 Å². The number of rotatable bonds is 13. The summed E-state index contributed by atoms with van der Waals surface area (Å²) in [5.74, 6) is -4.11. The van der Waals surface area contributed by atoms with E-state index in [-0.39, 0.29) is 25.2 Å². The molecule has 0 aliphatic carbocycles. The first kappa shape index (κ1) is 27.6. The quantitative estimate of drug-likeness (QED) is 0.217. The Morgan fingerprint density at radius 3 is 1.94 bits per heavy atom. The monoisotopic (exact) mass is 463 g/mol. The van der Waals surface area contributed by atoms with Crippen molar-refractivity contribution in [3.05, 3.63) is 35.9 Å². The summed E-state index contributed by atoms with van der Waals surface area (Å²) in [4.78, 5) is 60.5. The van der Waals surface area contributed by atoms with Gasteiger partial charge in [-0.15, -0.1) is 0 Å². The first-order valence-corrected chi connectivity index (χ1v) is 10.6. The van der Waals surface area contributed by atoms with E-state index in [1.54, 1.807) is 44.2 Å². The number of nitrogens with one attached hydrogen (secondary N) is 3. The summed E-state index contributed by atoms with van der Waals surface area (Å²) in [6.07, 6.45) is -0.198. The molecule has 33 heavy (non-hydrogen) atoms. The lowest BCUT2D eigenvalue weighted by Gasteiger charge is -2.25. The summed E-state index contributed by atoms with van der Waals surface area (Å²) in [6.45, 7) is 4.78. The SMILES string of the molecule is CC(NC(=O)C(Cc1ccccc1)NC(=O)C(CCC(N)=O)NC(=O)C(N)C(C)C)C(=O)O.